The number of nitro benzene ring substituents is 1. The third-order valence-corrected chi connectivity index (χ3v) is 3.81. The Morgan fingerprint density at radius 1 is 1.16 bits per heavy atom. The van der Waals surface area contributed by atoms with Crippen LogP contribution in [-0.2, 0) is 4.79 Å². The van der Waals surface area contributed by atoms with Crippen LogP contribution in [0.25, 0.3) is 6.08 Å². The molecule has 0 heterocycles. The van der Waals surface area contributed by atoms with Gasteiger partial charge in [0.25, 0.3) is 5.69 Å². The van der Waals surface area contributed by atoms with Crippen molar-refractivity contribution in [3.05, 3.63) is 81.9 Å². The lowest BCUT2D eigenvalue weighted by Crippen LogP contribution is -2.33. The maximum atomic E-state index is 12.0. The quantitative estimate of drug-likeness (QED) is 0.478. The van der Waals surface area contributed by atoms with Crippen molar-refractivity contribution < 1.29 is 9.72 Å². The lowest BCUT2D eigenvalue weighted by Gasteiger charge is -2.24. The highest BCUT2D eigenvalue weighted by Gasteiger charge is 2.14. The van der Waals surface area contributed by atoms with Crippen LogP contribution >= 0.6 is 0 Å². The Kier molecular flexibility index (Phi) is 6.42. The molecule has 25 heavy (non-hydrogen) atoms. The zero-order valence-electron chi connectivity index (χ0n) is 14.3. The molecule has 0 fully saturated rings. The number of likely N-dealkylation sites (N-methyl/N-ethyl adjacent to an activating group) is 1. The molecule has 0 aliphatic heterocycles. The Balaban J connectivity index is 1.93. The summed E-state index contributed by atoms with van der Waals surface area (Å²) in [5.41, 5.74) is 1.89. The van der Waals surface area contributed by atoms with Crippen LogP contribution in [0.3, 0.4) is 0 Å². The van der Waals surface area contributed by atoms with E-state index in [1.807, 2.05) is 44.4 Å². The number of amides is 1. The van der Waals surface area contributed by atoms with Crippen LogP contribution in [0, 0.1) is 10.1 Å². The van der Waals surface area contributed by atoms with Crippen molar-refractivity contribution in [1.29, 1.82) is 0 Å². The van der Waals surface area contributed by atoms with E-state index in [2.05, 4.69) is 10.2 Å². The van der Waals surface area contributed by atoms with E-state index in [0.29, 0.717) is 6.54 Å². The van der Waals surface area contributed by atoms with Gasteiger partial charge in [-0.25, -0.2) is 0 Å². The zero-order chi connectivity index (χ0) is 18.2. The van der Waals surface area contributed by atoms with Crippen LogP contribution in [0.2, 0.25) is 0 Å². The molecule has 1 atom stereocenters. The highest BCUT2D eigenvalue weighted by atomic mass is 16.6. The maximum Gasteiger partial charge on any atom is 0.269 e. The number of nitrogens with one attached hydrogen (secondary N) is 1. The minimum Gasteiger partial charge on any atom is -0.351 e. The monoisotopic (exact) mass is 339 g/mol. The molecule has 0 saturated heterocycles. The van der Waals surface area contributed by atoms with E-state index in [0.717, 1.165) is 11.1 Å². The fourth-order valence-corrected chi connectivity index (χ4v) is 2.41. The predicted octanol–water partition coefficient (Wildman–Crippen LogP) is 3.03. The first-order valence-corrected chi connectivity index (χ1v) is 7.89. The normalized spacial score (nSPS) is 12.3. The molecule has 6 heteroatoms. The Bertz CT molecular complexity index is 740. The van der Waals surface area contributed by atoms with Crippen molar-refractivity contribution in [2.75, 3.05) is 20.6 Å². The van der Waals surface area contributed by atoms with Gasteiger partial charge in [-0.3, -0.25) is 14.9 Å². The third-order valence-electron chi connectivity index (χ3n) is 3.81. The Labute approximate surface area is 146 Å². The van der Waals surface area contributed by atoms with Crippen LogP contribution in [-0.4, -0.2) is 36.4 Å². The number of hydrogen-bond donors (Lipinski definition) is 1. The molecule has 0 aromatic heterocycles. The fourth-order valence-electron chi connectivity index (χ4n) is 2.41. The Morgan fingerprint density at radius 2 is 1.80 bits per heavy atom. The van der Waals surface area contributed by atoms with Gasteiger partial charge in [-0.2, -0.15) is 0 Å². The number of carbonyl (C=O) groups excluding carboxylic acids is 1. The molecule has 130 valence electrons. The number of nitro groups is 1. The van der Waals surface area contributed by atoms with Crippen LogP contribution in [0.4, 0.5) is 5.69 Å². The number of nitrogens with zero attached hydrogens (tertiary/aromatic N) is 2. The predicted molar refractivity (Wildman–Crippen MR) is 98.0 cm³/mol. The van der Waals surface area contributed by atoms with Gasteiger partial charge in [0.1, 0.15) is 0 Å². The van der Waals surface area contributed by atoms with E-state index in [9.17, 15) is 14.9 Å². The van der Waals surface area contributed by atoms with Crippen molar-refractivity contribution in [3.8, 4) is 0 Å². The maximum absolute atomic E-state index is 12.0. The highest BCUT2D eigenvalue weighted by Crippen LogP contribution is 2.16. The van der Waals surface area contributed by atoms with E-state index in [1.165, 1.54) is 18.2 Å². The van der Waals surface area contributed by atoms with Gasteiger partial charge in [-0.1, -0.05) is 30.3 Å². The molecule has 1 amide bonds. The van der Waals surface area contributed by atoms with Crippen molar-refractivity contribution in [2.45, 2.75) is 6.04 Å². The first kappa shape index (κ1) is 18.4. The minimum absolute atomic E-state index is 0.0262. The largest absolute Gasteiger partial charge is 0.351 e. The van der Waals surface area contributed by atoms with Gasteiger partial charge < -0.3 is 10.2 Å². The number of benzene rings is 2. The highest BCUT2D eigenvalue weighted by molar-refractivity contribution is 5.91. The van der Waals surface area contributed by atoms with Gasteiger partial charge in [-0.05, 0) is 43.4 Å². The molecular weight excluding hydrogens is 318 g/mol. The van der Waals surface area contributed by atoms with Gasteiger partial charge in [-0.15, -0.1) is 0 Å². The van der Waals surface area contributed by atoms with Gasteiger partial charge in [0, 0.05) is 24.8 Å². The van der Waals surface area contributed by atoms with E-state index >= 15 is 0 Å². The smallest absolute Gasteiger partial charge is 0.269 e. The number of rotatable bonds is 7. The van der Waals surface area contributed by atoms with Crippen molar-refractivity contribution in [3.63, 3.8) is 0 Å². The average molecular weight is 339 g/mol. The summed E-state index contributed by atoms with van der Waals surface area (Å²) in [6.45, 7) is 0.487. The minimum atomic E-state index is -0.453. The van der Waals surface area contributed by atoms with Gasteiger partial charge in [0.2, 0.25) is 5.91 Å². The van der Waals surface area contributed by atoms with Crippen LogP contribution in [0.1, 0.15) is 17.2 Å². The summed E-state index contributed by atoms with van der Waals surface area (Å²) < 4.78 is 0. The number of carbonyl (C=O) groups is 1. The molecule has 6 nitrogen and oxygen atoms in total. The van der Waals surface area contributed by atoms with Crippen LogP contribution in [0.5, 0.6) is 0 Å². The first-order valence-electron chi connectivity index (χ1n) is 7.89. The first-order chi connectivity index (χ1) is 12.0. The van der Waals surface area contributed by atoms with E-state index in [1.54, 1.807) is 18.2 Å². The molecule has 0 aliphatic rings. The lowest BCUT2D eigenvalue weighted by molar-refractivity contribution is -0.384. The van der Waals surface area contributed by atoms with Crippen molar-refractivity contribution >= 4 is 17.7 Å². The molecule has 0 aliphatic carbocycles. The van der Waals surface area contributed by atoms with Crippen molar-refractivity contribution in [1.82, 2.24) is 10.2 Å². The zero-order valence-corrected chi connectivity index (χ0v) is 14.3. The van der Waals surface area contributed by atoms with Crippen molar-refractivity contribution in [2.24, 2.45) is 0 Å². The summed E-state index contributed by atoms with van der Waals surface area (Å²) in [6, 6.07) is 16.1. The summed E-state index contributed by atoms with van der Waals surface area (Å²) in [7, 11) is 3.94. The molecule has 1 N–H and O–H groups in total. The van der Waals surface area contributed by atoms with Crippen LogP contribution in [0.15, 0.2) is 60.7 Å². The molecular formula is C19H21N3O3. The molecule has 0 radical (unpaired) electrons. The van der Waals surface area contributed by atoms with E-state index < -0.39 is 4.92 Å². The van der Waals surface area contributed by atoms with Gasteiger partial charge in [0.15, 0.2) is 0 Å². The van der Waals surface area contributed by atoms with Gasteiger partial charge >= 0.3 is 0 Å². The third kappa shape index (κ3) is 5.54. The second kappa shape index (κ2) is 8.75. The second-order valence-corrected chi connectivity index (χ2v) is 5.82. The molecule has 2 aromatic carbocycles. The SMILES string of the molecule is CN(C)C(CNC(=O)C=Cc1ccc([N+](=O)[O-])cc1)c1ccccc1. The standard InChI is InChI=1S/C19H21N3O3/c1-21(2)18(16-6-4-3-5-7-16)14-20-19(23)13-10-15-8-11-17(12-9-15)22(24)25/h3-13,18H,14H2,1-2H3,(H,20,23). The second-order valence-electron chi connectivity index (χ2n) is 5.82. The Morgan fingerprint density at radius 3 is 2.36 bits per heavy atom. The number of non-ortho nitro benzene ring substituents is 1. The van der Waals surface area contributed by atoms with E-state index in [4.69, 9.17) is 0 Å². The summed E-state index contributed by atoms with van der Waals surface area (Å²) in [6.07, 6.45) is 3.06. The lowest BCUT2D eigenvalue weighted by atomic mass is 10.1. The average Bonchev–Trinajstić information content (AvgIpc) is 2.61. The molecule has 1 unspecified atom stereocenters. The summed E-state index contributed by atoms with van der Waals surface area (Å²) in [5.74, 6) is -0.207. The molecule has 0 bridgehead atoms. The summed E-state index contributed by atoms with van der Waals surface area (Å²) in [4.78, 5) is 24.2. The molecule has 2 rings (SSSR count). The fraction of sp³-hybridized carbons (Fsp3) is 0.211. The van der Waals surface area contributed by atoms with Gasteiger partial charge in [0.05, 0.1) is 11.0 Å². The molecule has 2 aromatic rings. The molecule has 0 spiro atoms. The topological polar surface area (TPSA) is 75.5 Å². The summed E-state index contributed by atoms with van der Waals surface area (Å²) >= 11 is 0. The summed E-state index contributed by atoms with van der Waals surface area (Å²) in [5, 5.41) is 13.5. The van der Waals surface area contributed by atoms with E-state index in [-0.39, 0.29) is 17.6 Å². The van der Waals surface area contributed by atoms with Crippen LogP contribution < -0.4 is 5.32 Å². The number of hydrogen-bond acceptors (Lipinski definition) is 4. The molecule has 0 saturated carbocycles. The Hall–Kier alpha value is -2.99.